The molecule has 1 aromatic heterocycles. The first kappa shape index (κ1) is 18.2. The average Bonchev–Trinajstić information content (AvgIpc) is 2.97. The van der Waals surface area contributed by atoms with Gasteiger partial charge in [0.15, 0.2) is 0 Å². The Morgan fingerprint density at radius 3 is 2.73 bits per heavy atom. The van der Waals surface area contributed by atoms with Gasteiger partial charge in [-0.3, -0.25) is 4.79 Å². The molecule has 3 rings (SSSR count). The van der Waals surface area contributed by atoms with Gasteiger partial charge in [0.25, 0.3) is 5.91 Å². The summed E-state index contributed by atoms with van der Waals surface area (Å²) in [4.78, 5) is 17.1. The summed E-state index contributed by atoms with van der Waals surface area (Å²) in [6.45, 7) is 7.83. The maximum absolute atomic E-state index is 12.4. The summed E-state index contributed by atoms with van der Waals surface area (Å²) in [6, 6.07) is 14.2. The molecule has 26 heavy (non-hydrogen) atoms. The van der Waals surface area contributed by atoms with E-state index in [1.165, 1.54) is 11.1 Å². The summed E-state index contributed by atoms with van der Waals surface area (Å²) in [5, 5.41) is 3.04. The number of amides is 1. The van der Waals surface area contributed by atoms with Gasteiger partial charge < -0.3 is 9.88 Å². The van der Waals surface area contributed by atoms with Crippen LogP contribution in [-0.2, 0) is 13.0 Å². The summed E-state index contributed by atoms with van der Waals surface area (Å²) in [6.07, 6.45) is 2.82. The molecule has 0 radical (unpaired) electrons. The molecular weight excluding hydrogens is 322 g/mol. The Bertz CT molecular complexity index is 911. The molecule has 3 aromatic rings. The van der Waals surface area contributed by atoms with Gasteiger partial charge in [-0.1, -0.05) is 36.8 Å². The van der Waals surface area contributed by atoms with E-state index in [9.17, 15) is 4.79 Å². The highest BCUT2D eigenvalue weighted by atomic mass is 16.1. The number of hydrogen-bond donors (Lipinski definition) is 1. The number of fused-ring (bicyclic) bond motifs is 1. The minimum Gasteiger partial charge on any atom is -0.352 e. The van der Waals surface area contributed by atoms with Gasteiger partial charge in [-0.25, -0.2) is 4.98 Å². The molecule has 1 amide bonds. The number of carbonyl (C=O) groups is 1. The predicted molar refractivity (Wildman–Crippen MR) is 107 cm³/mol. The third-order valence-corrected chi connectivity index (χ3v) is 4.67. The van der Waals surface area contributed by atoms with Gasteiger partial charge in [0.1, 0.15) is 5.82 Å². The molecule has 0 unspecified atom stereocenters. The van der Waals surface area contributed by atoms with E-state index in [4.69, 9.17) is 4.98 Å². The Morgan fingerprint density at radius 1 is 1.15 bits per heavy atom. The lowest BCUT2D eigenvalue weighted by Gasteiger charge is -2.10. The second-order valence-corrected chi connectivity index (χ2v) is 6.85. The number of aromatic nitrogens is 2. The first-order valence-corrected chi connectivity index (χ1v) is 9.39. The summed E-state index contributed by atoms with van der Waals surface area (Å²) in [5.41, 5.74) is 5.20. The molecule has 0 aliphatic heterocycles. The lowest BCUT2D eigenvalue weighted by atomic mass is 10.1. The zero-order valence-corrected chi connectivity index (χ0v) is 15.9. The fourth-order valence-corrected chi connectivity index (χ4v) is 3.40. The van der Waals surface area contributed by atoms with Crippen LogP contribution in [0.25, 0.3) is 11.0 Å². The van der Waals surface area contributed by atoms with Gasteiger partial charge in [-0.05, 0) is 50.5 Å². The Kier molecular flexibility index (Phi) is 5.71. The summed E-state index contributed by atoms with van der Waals surface area (Å²) < 4.78 is 2.31. The Hall–Kier alpha value is -2.62. The molecule has 0 spiro atoms. The SMILES string of the molecule is CCCn1c(CCCNC(=O)c2ccc(C)cc2C)nc2ccccc21. The van der Waals surface area contributed by atoms with Crippen LogP contribution in [0.15, 0.2) is 42.5 Å². The van der Waals surface area contributed by atoms with Crippen LogP contribution in [0, 0.1) is 13.8 Å². The topological polar surface area (TPSA) is 46.9 Å². The van der Waals surface area contributed by atoms with Crippen molar-refractivity contribution in [3.05, 3.63) is 65.0 Å². The van der Waals surface area contributed by atoms with E-state index in [2.05, 4.69) is 35.0 Å². The number of imidazole rings is 1. The van der Waals surface area contributed by atoms with Crippen molar-refractivity contribution in [2.45, 2.75) is 46.6 Å². The maximum atomic E-state index is 12.4. The first-order valence-electron chi connectivity index (χ1n) is 9.39. The van der Waals surface area contributed by atoms with E-state index in [1.54, 1.807) is 0 Å². The molecule has 0 atom stereocenters. The number of para-hydroxylation sites is 2. The van der Waals surface area contributed by atoms with Crippen LogP contribution in [0.3, 0.4) is 0 Å². The highest BCUT2D eigenvalue weighted by molar-refractivity contribution is 5.95. The summed E-state index contributed by atoms with van der Waals surface area (Å²) in [7, 11) is 0. The smallest absolute Gasteiger partial charge is 0.251 e. The standard InChI is InChI=1S/C22H27N3O/c1-4-14-25-20-9-6-5-8-19(20)24-21(25)10-7-13-23-22(26)18-12-11-16(2)15-17(18)3/h5-6,8-9,11-12,15H,4,7,10,13-14H2,1-3H3,(H,23,26). The molecule has 0 bridgehead atoms. The third kappa shape index (κ3) is 3.96. The van der Waals surface area contributed by atoms with Gasteiger partial charge in [0.05, 0.1) is 11.0 Å². The average molecular weight is 349 g/mol. The Balaban J connectivity index is 1.60. The van der Waals surface area contributed by atoms with E-state index in [-0.39, 0.29) is 5.91 Å². The van der Waals surface area contributed by atoms with Crippen LogP contribution in [0.5, 0.6) is 0 Å². The lowest BCUT2D eigenvalue weighted by Crippen LogP contribution is -2.25. The van der Waals surface area contributed by atoms with Crippen molar-refractivity contribution in [1.82, 2.24) is 14.9 Å². The number of nitrogens with one attached hydrogen (secondary N) is 1. The van der Waals surface area contributed by atoms with Crippen LogP contribution in [0.1, 0.15) is 47.1 Å². The van der Waals surface area contributed by atoms with Crippen molar-refractivity contribution in [2.24, 2.45) is 0 Å². The first-order chi connectivity index (χ1) is 12.6. The molecule has 136 valence electrons. The van der Waals surface area contributed by atoms with Crippen molar-refractivity contribution in [3.8, 4) is 0 Å². The number of benzene rings is 2. The van der Waals surface area contributed by atoms with Crippen molar-refractivity contribution < 1.29 is 4.79 Å². The Labute approximate surface area is 155 Å². The lowest BCUT2D eigenvalue weighted by molar-refractivity contribution is 0.0952. The Morgan fingerprint density at radius 2 is 1.96 bits per heavy atom. The van der Waals surface area contributed by atoms with Gasteiger partial charge >= 0.3 is 0 Å². The van der Waals surface area contributed by atoms with Crippen molar-refractivity contribution in [3.63, 3.8) is 0 Å². The van der Waals surface area contributed by atoms with Crippen LogP contribution in [0.2, 0.25) is 0 Å². The fraction of sp³-hybridized carbons (Fsp3) is 0.364. The molecule has 0 aliphatic rings. The number of aryl methyl sites for hydroxylation is 4. The molecule has 0 fully saturated rings. The van der Waals surface area contributed by atoms with Crippen LogP contribution < -0.4 is 5.32 Å². The number of nitrogens with zero attached hydrogens (tertiary/aromatic N) is 2. The summed E-state index contributed by atoms with van der Waals surface area (Å²) >= 11 is 0. The van der Waals surface area contributed by atoms with E-state index in [0.29, 0.717) is 6.54 Å². The van der Waals surface area contributed by atoms with Gasteiger partial charge in [0.2, 0.25) is 0 Å². The normalized spacial score (nSPS) is 11.0. The second kappa shape index (κ2) is 8.17. The minimum absolute atomic E-state index is 0.00422. The number of carbonyl (C=O) groups excluding carboxylic acids is 1. The molecule has 0 saturated carbocycles. The van der Waals surface area contributed by atoms with Crippen LogP contribution in [0.4, 0.5) is 0 Å². The third-order valence-electron chi connectivity index (χ3n) is 4.67. The highest BCUT2D eigenvalue weighted by Gasteiger charge is 2.11. The number of rotatable bonds is 7. The summed E-state index contributed by atoms with van der Waals surface area (Å²) in [5.74, 6) is 1.11. The maximum Gasteiger partial charge on any atom is 0.251 e. The van der Waals surface area contributed by atoms with Gasteiger partial charge in [-0.15, -0.1) is 0 Å². The molecular formula is C22H27N3O. The molecule has 1 heterocycles. The van der Waals surface area contributed by atoms with Gasteiger partial charge in [0, 0.05) is 25.1 Å². The molecule has 4 nitrogen and oxygen atoms in total. The van der Waals surface area contributed by atoms with Crippen molar-refractivity contribution in [1.29, 1.82) is 0 Å². The largest absolute Gasteiger partial charge is 0.352 e. The highest BCUT2D eigenvalue weighted by Crippen LogP contribution is 2.17. The molecule has 0 saturated heterocycles. The van der Waals surface area contributed by atoms with Crippen molar-refractivity contribution >= 4 is 16.9 Å². The van der Waals surface area contributed by atoms with E-state index in [1.807, 2.05) is 38.1 Å². The second-order valence-electron chi connectivity index (χ2n) is 6.85. The molecule has 1 N–H and O–H groups in total. The predicted octanol–water partition coefficient (Wildman–Crippen LogP) is 4.43. The van der Waals surface area contributed by atoms with Crippen molar-refractivity contribution in [2.75, 3.05) is 6.54 Å². The van der Waals surface area contributed by atoms with E-state index < -0.39 is 0 Å². The van der Waals surface area contributed by atoms with Crippen LogP contribution >= 0.6 is 0 Å². The van der Waals surface area contributed by atoms with Crippen LogP contribution in [-0.4, -0.2) is 22.0 Å². The van der Waals surface area contributed by atoms with Gasteiger partial charge in [-0.2, -0.15) is 0 Å². The molecule has 2 aromatic carbocycles. The zero-order valence-electron chi connectivity index (χ0n) is 15.9. The minimum atomic E-state index is 0.00422. The quantitative estimate of drug-likeness (QED) is 0.642. The monoisotopic (exact) mass is 349 g/mol. The van der Waals surface area contributed by atoms with E-state index in [0.717, 1.165) is 48.3 Å². The molecule has 0 aliphatic carbocycles. The molecule has 4 heteroatoms. The fourth-order valence-electron chi connectivity index (χ4n) is 3.40. The number of hydrogen-bond acceptors (Lipinski definition) is 2. The van der Waals surface area contributed by atoms with E-state index >= 15 is 0 Å². The zero-order chi connectivity index (χ0) is 18.5.